The first-order valence-electron chi connectivity index (χ1n) is 9.91. The van der Waals surface area contributed by atoms with Crippen LogP contribution in [0, 0.1) is 0 Å². The molecule has 0 aliphatic heterocycles. The van der Waals surface area contributed by atoms with Crippen LogP contribution in [0.15, 0.2) is 90.3 Å². The van der Waals surface area contributed by atoms with Crippen molar-refractivity contribution >= 4 is 49.1 Å². The molecule has 5 heteroatoms. The molecule has 0 unspecified atom stereocenters. The second-order valence-electron chi connectivity index (χ2n) is 7.04. The van der Waals surface area contributed by atoms with Crippen molar-refractivity contribution in [3.8, 4) is 21.9 Å². The van der Waals surface area contributed by atoms with E-state index in [1.807, 2.05) is 35.6 Å². The number of thiophene rings is 2. The van der Waals surface area contributed by atoms with Gasteiger partial charge in [-0.1, -0.05) is 12.1 Å². The molecule has 2 aromatic heterocycles. The highest BCUT2D eigenvalue weighted by molar-refractivity contribution is 7.28. The van der Waals surface area contributed by atoms with Crippen LogP contribution < -0.4 is 14.4 Å². The van der Waals surface area contributed by atoms with E-state index in [2.05, 4.69) is 70.9 Å². The van der Waals surface area contributed by atoms with Crippen LogP contribution in [-0.2, 0) is 0 Å². The van der Waals surface area contributed by atoms with Crippen LogP contribution in [0.5, 0.6) is 11.5 Å². The van der Waals surface area contributed by atoms with Gasteiger partial charge in [-0.15, -0.1) is 22.7 Å². The lowest BCUT2D eigenvalue weighted by Crippen LogP contribution is -2.09. The number of benzene rings is 3. The van der Waals surface area contributed by atoms with Crippen LogP contribution >= 0.6 is 22.7 Å². The van der Waals surface area contributed by atoms with Gasteiger partial charge < -0.3 is 14.4 Å². The molecule has 0 aliphatic carbocycles. The Kier molecular flexibility index (Phi) is 5.37. The molecule has 3 nitrogen and oxygen atoms in total. The number of rotatable bonds is 6. The minimum atomic E-state index is 0.839. The first kappa shape index (κ1) is 19.7. The van der Waals surface area contributed by atoms with Crippen molar-refractivity contribution in [2.24, 2.45) is 0 Å². The molecule has 5 rings (SSSR count). The van der Waals surface area contributed by atoms with E-state index in [-0.39, 0.29) is 0 Å². The highest BCUT2D eigenvalue weighted by Crippen LogP contribution is 2.39. The van der Waals surface area contributed by atoms with Gasteiger partial charge in [0, 0.05) is 31.3 Å². The maximum atomic E-state index is 5.34. The van der Waals surface area contributed by atoms with E-state index >= 15 is 0 Å². The zero-order chi connectivity index (χ0) is 21.2. The van der Waals surface area contributed by atoms with Gasteiger partial charge in [0.05, 0.1) is 14.2 Å². The molecule has 0 atom stereocenters. The van der Waals surface area contributed by atoms with Crippen molar-refractivity contribution < 1.29 is 9.47 Å². The lowest BCUT2D eigenvalue weighted by atomic mass is 10.1. The van der Waals surface area contributed by atoms with Gasteiger partial charge in [0.15, 0.2) is 0 Å². The summed E-state index contributed by atoms with van der Waals surface area (Å²) in [6.07, 6.45) is 0. The van der Waals surface area contributed by atoms with Crippen molar-refractivity contribution in [3.63, 3.8) is 0 Å². The predicted octanol–water partition coefficient (Wildman–Crippen LogP) is 8.12. The molecular formula is C26H21NO2S2. The van der Waals surface area contributed by atoms with E-state index in [9.17, 15) is 0 Å². The van der Waals surface area contributed by atoms with Gasteiger partial charge in [-0.25, -0.2) is 0 Å². The standard InChI is InChI=1S/C26H21NO2S2/c1-28-22-11-7-20(8-12-22)27(21-9-13-23(29-2)14-10-21)19-5-3-18(4-6-19)25-17-26-24(31-25)15-16-30-26/h3-17H,1-2H3. The Morgan fingerprint density at radius 1 is 0.613 bits per heavy atom. The van der Waals surface area contributed by atoms with E-state index in [0.717, 1.165) is 28.6 Å². The molecule has 0 fully saturated rings. The third kappa shape index (κ3) is 3.90. The van der Waals surface area contributed by atoms with Gasteiger partial charge in [-0.2, -0.15) is 0 Å². The summed E-state index contributed by atoms with van der Waals surface area (Å²) >= 11 is 3.63. The summed E-state index contributed by atoms with van der Waals surface area (Å²) in [4.78, 5) is 3.53. The molecule has 0 saturated carbocycles. The number of fused-ring (bicyclic) bond motifs is 1. The average molecular weight is 444 g/mol. The van der Waals surface area contributed by atoms with E-state index in [1.165, 1.54) is 19.8 Å². The summed E-state index contributed by atoms with van der Waals surface area (Å²) < 4.78 is 13.4. The third-order valence-electron chi connectivity index (χ3n) is 5.21. The monoisotopic (exact) mass is 443 g/mol. The minimum absolute atomic E-state index is 0.839. The van der Waals surface area contributed by atoms with E-state index in [4.69, 9.17) is 9.47 Å². The third-order valence-corrected chi connectivity index (χ3v) is 7.35. The van der Waals surface area contributed by atoms with Crippen molar-refractivity contribution in [2.75, 3.05) is 19.1 Å². The number of ether oxygens (including phenoxy) is 2. The maximum Gasteiger partial charge on any atom is 0.119 e. The Morgan fingerprint density at radius 2 is 1.13 bits per heavy atom. The Bertz CT molecular complexity index is 1210. The second-order valence-corrected chi connectivity index (χ2v) is 9.07. The molecular weight excluding hydrogens is 422 g/mol. The first-order chi connectivity index (χ1) is 15.2. The Labute approximate surface area is 189 Å². The molecule has 0 spiro atoms. The number of nitrogens with zero attached hydrogens (tertiary/aromatic N) is 1. The van der Waals surface area contributed by atoms with Crippen molar-refractivity contribution in [2.45, 2.75) is 0 Å². The largest absolute Gasteiger partial charge is 0.497 e. The van der Waals surface area contributed by atoms with Gasteiger partial charge in [-0.3, -0.25) is 0 Å². The number of hydrogen-bond acceptors (Lipinski definition) is 5. The number of methoxy groups -OCH3 is 2. The molecule has 5 aromatic rings. The maximum absolute atomic E-state index is 5.34. The molecule has 0 radical (unpaired) electrons. The van der Waals surface area contributed by atoms with Crippen LogP contribution in [0.25, 0.3) is 19.8 Å². The van der Waals surface area contributed by atoms with Gasteiger partial charge in [-0.05, 0) is 83.7 Å². The average Bonchev–Trinajstić information content (AvgIpc) is 3.43. The van der Waals surface area contributed by atoms with E-state index in [1.54, 1.807) is 25.6 Å². The predicted molar refractivity (Wildman–Crippen MR) is 133 cm³/mol. The zero-order valence-corrected chi connectivity index (χ0v) is 18.9. The fourth-order valence-corrected chi connectivity index (χ4v) is 5.71. The molecule has 31 heavy (non-hydrogen) atoms. The highest BCUT2D eigenvalue weighted by Gasteiger charge is 2.14. The molecule has 0 saturated heterocycles. The summed E-state index contributed by atoms with van der Waals surface area (Å²) in [5.74, 6) is 1.68. The van der Waals surface area contributed by atoms with Crippen LogP contribution in [0.2, 0.25) is 0 Å². The molecule has 0 bridgehead atoms. The van der Waals surface area contributed by atoms with Crippen molar-refractivity contribution in [1.29, 1.82) is 0 Å². The van der Waals surface area contributed by atoms with Crippen LogP contribution in [0.4, 0.5) is 17.1 Å². The quantitative estimate of drug-likeness (QED) is 0.264. The lowest BCUT2D eigenvalue weighted by molar-refractivity contribution is 0.415. The molecule has 3 aromatic carbocycles. The second kappa shape index (κ2) is 8.46. The highest BCUT2D eigenvalue weighted by atomic mass is 32.1. The zero-order valence-electron chi connectivity index (χ0n) is 17.2. The SMILES string of the molecule is COc1ccc(N(c2ccc(OC)cc2)c2ccc(-c3cc4sccc4s3)cc2)cc1. The van der Waals surface area contributed by atoms with Gasteiger partial charge >= 0.3 is 0 Å². The normalized spacial score (nSPS) is 10.9. The summed E-state index contributed by atoms with van der Waals surface area (Å²) in [6.45, 7) is 0. The van der Waals surface area contributed by atoms with Crippen molar-refractivity contribution in [1.82, 2.24) is 0 Å². The van der Waals surface area contributed by atoms with Gasteiger partial charge in [0.1, 0.15) is 11.5 Å². The Hall–Kier alpha value is -3.28. The summed E-state index contributed by atoms with van der Waals surface area (Å²) in [5, 5.41) is 2.15. The molecule has 0 amide bonds. The smallest absolute Gasteiger partial charge is 0.119 e. The Balaban J connectivity index is 1.53. The fraction of sp³-hybridized carbons (Fsp3) is 0.0769. The van der Waals surface area contributed by atoms with Crippen LogP contribution in [-0.4, -0.2) is 14.2 Å². The summed E-state index contributed by atoms with van der Waals surface area (Å²) in [6, 6.07) is 29.5. The first-order valence-corrected chi connectivity index (χ1v) is 11.6. The lowest BCUT2D eigenvalue weighted by Gasteiger charge is -2.26. The van der Waals surface area contributed by atoms with Gasteiger partial charge in [0.25, 0.3) is 0 Å². The number of hydrogen-bond donors (Lipinski definition) is 0. The summed E-state index contributed by atoms with van der Waals surface area (Å²) in [5.41, 5.74) is 4.46. The summed E-state index contributed by atoms with van der Waals surface area (Å²) in [7, 11) is 3.37. The molecule has 0 aliphatic rings. The molecule has 0 N–H and O–H groups in total. The topological polar surface area (TPSA) is 21.7 Å². The van der Waals surface area contributed by atoms with Crippen molar-refractivity contribution in [3.05, 3.63) is 90.3 Å². The van der Waals surface area contributed by atoms with E-state index in [0.29, 0.717) is 0 Å². The Morgan fingerprint density at radius 3 is 1.61 bits per heavy atom. The van der Waals surface area contributed by atoms with E-state index < -0.39 is 0 Å². The molecule has 154 valence electrons. The number of anilines is 3. The fourth-order valence-electron chi connectivity index (χ4n) is 3.59. The van der Waals surface area contributed by atoms with Crippen LogP contribution in [0.3, 0.4) is 0 Å². The minimum Gasteiger partial charge on any atom is -0.497 e. The van der Waals surface area contributed by atoms with Crippen LogP contribution in [0.1, 0.15) is 0 Å². The van der Waals surface area contributed by atoms with Gasteiger partial charge in [0.2, 0.25) is 0 Å². The molecule has 2 heterocycles.